The van der Waals surface area contributed by atoms with Gasteiger partial charge in [-0.3, -0.25) is 9.59 Å². The largest absolute Gasteiger partial charge is 0.462 e. The fourth-order valence-corrected chi connectivity index (χ4v) is 3.85. The van der Waals surface area contributed by atoms with Gasteiger partial charge in [0.15, 0.2) is 11.6 Å². The van der Waals surface area contributed by atoms with Crippen LogP contribution in [0.2, 0.25) is 0 Å². The van der Waals surface area contributed by atoms with Crippen LogP contribution in [-0.2, 0) is 4.74 Å². The summed E-state index contributed by atoms with van der Waals surface area (Å²) < 4.78 is 7.06. The molecule has 30 heavy (non-hydrogen) atoms. The zero-order valence-corrected chi connectivity index (χ0v) is 17.1. The van der Waals surface area contributed by atoms with Gasteiger partial charge < -0.3 is 9.30 Å². The average Bonchev–Trinajstić information content (AvgIpc) is 3.16. The molecule has 0 spiro atoms. The predicted molar refractivity (Wildman–Crippen MR) is 114 cm³/mol. The van der Waals surface area contributed by atoms with Crippen molar-refractivity contribution in [2.75, 3.05) is 6.61 Å². The van der Waals surface area contributed by atoms with Gasteiger partial charge in [-0.25, -0.2) is 4.79 Å². The number of esters is 1. The van der Waals surface area contributed by atoms with Crippen LogP contribution in [0.25, 0.3) is 11.8 Å². The standard InChI is InChI=1S/C25H21NO4/c1-4-30-25(29)17-9-11-19(12-10-17)26-15(2)13-18(16(26)3)14-22-23(27)20-7-5-6-8-21(20)24(22)28/h5-14H,4H2,1-3H3. The highest BCUT2D eigenvalue weighted by Crippen LogP contribution is 2.30. The van der Waals surface area contributed by atoms with Gasteiger partial charge in [-0.15, -0.1) is 0 Å². The van der Waals surface area contributed by atoms with Gasteiger partial charge in [0.1, 0.15) is 0 Å². The van der Waals surface area contributed by atoms with Crippen molar-refractivity contribution in [3.63, 3.8) is 0 Å². The van der Waals surface area contributed by atoms with Gasteiger partial charge in [-0.2, -0.15) is 0 Å². The number of carbonyl (C=O) groups is 3. The lowest BCUT2D eigenvalue weighted by atomic mass is 10.1. The number of hydrogen-bond donors (Lipinski definition) is 0. The SMILES string of the molecule is CCOC(=O)c1ccc(-n2c(C)cc(C=C3C(=O)c4ccccc4C3=O)c2C)cc1. The molecule has 0 radical (unpaired) electrons. The Hall–Kier alpha value is -3.73. The maximum Gasteiger partial charge on any atom is 0.338 e. The number of carbonyl (C=O) groups excluding carboxylic acids is 3. The van der Waals surface area contributed by atoms with Crippen LogP contribution >= 0.6 is 0 Å². The van der Waals surface area contributed by atoms with Crippen LogP contribution in [0, 0.1) is 13.8 Å². The van der Waals surface area contributed by atoms with Crippen molar-refractivity contribution in [3.8, 4) is 5.69 Å². The first kappa shape index (κ1) is 19.6. The van der Waals surface area contributed by atoms with Crippen LogP contribution in [0.15, 0.2) is 60.2 Å². The second kappa shape index (κ2) is 7.59. The molecule has 4 rings (SSSR count). The van der Waals surface area contributed by atoms with E-state index in [0.717, 1.165) is 22.6 Å². The Morgan fingerprint density at radius 3 is 2.13 bits per heavy atom. The molecule has 0 aliphatic heterocycles. The van der Waals surface area contributed by atoms with Crippen LogP contribution in [0.1, 0.15) is 54.9 Å². The van der Waals surface area contributed by atoms with E-state index in [9.17, 15) is 14.4 Å². The molecule has 5 nitrogen and oxygen atoms in total. The number of nitrogens with zero attached hydrogens (tertiary/aromatic N) is 1. The zero-order valence-electron chi connectivity index (χ0n) is 17.1. The molecule has 0 N–H and O–H groups in total. The van der Waals surface area contributed by atoms with Crippen LogP contribution in [-0.4, -0.2) is 28.7 Å². The van der Waals surface area contributed by atoms with Crippen molar-refractivity contribution in [2.45, 2.75) is 20.8 Å². The molecule has 0 amide bonds. The van der Waals surface area contributed by atoms with Crippen molar-refractivity contribution in [1.29, 1.82) is 0 Å². The monoisotopic (exact) mass is 399 g/mol. The van der Waals surface area contributed by atoms with Crippen LogP contribution in [0.4, 0.5) is 0 Å². The predicted octanol–water partition coefficient (Wildman–Crippen LogP) is 4.73. The highest BCUT2D eigenvalue weighted by atomic mass is 16.5. The number of Topliss-reactive ketones (excluding diaryl/α,β-unsaturated/α-hetero) is 2. The number of rotatable bonds is 4. The first-order valence-corrected chi connectivity index (χ1v) is 9.79. The number of benzene rings is 2. The summed E-state index contributed by atoms with van der Waals surface area (Å²) in [6.07, 6.45) is 1.68. The lowest BCUT2D eigenvalue weighted by Gasteiger charge is -2.10. The molecular weight excluding hydrogens is 378 g/mol. The first-order valence-electron chi connectivity index (χ1n) is 9.79. The third kappa shape index (κ3) is 3.18. The minimum Gasteiger partial charge on any atom is -0.462 e. The summed E-state index contributed by atoms with van der Waals surface area (Å²) in [6.45, 7) is 6.00. The second-order valence-corrected chi connectivity index (χ2v) is 7.19. The zero-order chi connectivity index (χ0) is 21.4. The molecule has 2 aromatic carbocycles. The molecule has 1 heterocycles. The molecule has 0 unspecified atom stereocenters. The Balaban J connectivity index is 1.70. The minimum absolute atomic E-state index is 0.189. The fraction of sp³-hybridized carbons (Fsp3) is 0.160. The topological polar surface area (TPSA) is 65.4 Å². The normalized spacial score (nSPS) is 12.8. The maximum absolute atomic E-state index is 12.7. The van der Waals surface area contributed by atoms with Gasteiger partial charge in [0, 0.05) is 28.2 Å². The van der Waals surface area contributed by atoms with E-state index in [-0.39, 0.29) is 23.1 Å². The van der Waals surface area contributed by atoms with Crippen molar-refractivity contribution >= 4 is 23.6 Å². The molecular formula is C25H21NO4. The molecule has 1 aliphatic carbocycles. The van der Waals surface area contributed by atoms with E-state index in [4.69, 9.17) is 4.74 Å². The number of fused-ring (bicyclic) bond motifs is 1. The summed E-state index contributed by atoms with van der Waals surface area (Å²) >= 11 is 0. The Labute approximate surface area is 174 Å². The third-order valence-corrected chi connectivity index (χ3v) is 5.31. The molecule has 5 heteroatoms. The first-order chi connectivity index (χ1) is 14.4. The van der Waals surface area contributed by atoms with E-state index >= 15 is 0 Å². The lowest BCUT2D eigenvalue weighted by Crippen LogP contribution is -2.05. The van der Waals surface area contributed by atoms with Crippen molar-refractivity contribution < 1.29 is 19.1 Å². The van der Waals surface area contributed by atoms with Gasteiger partial charge in [-0.05, 0) is 62.7 Å². The smallest absolute Gasteiger partial charge is 0.338 e. The molecule has 3 aromatic rings. The minimum atomic E-state index is -0.353. The van der Waals surface area contributed by atoms with Gasteiger partial charge in [0.2, 0.25) is 0 Å². The molecule has 0 atom stereocenters. The maximum atomic E-state index is 12.7. The molecule has 1 aromatic heterocycles. The van der Waals surface area contributed by atoms with Gasteiger partial charge in [0.25, 0.3) is 0 Å². The van der Waals surface area contributed by atoms with Crippen LogP contribution in [0.3, 0.4) is 0 Å². The van der Waals surface area contributed by atoms with E-state index in [1.165, 1.54) is 0 Å². The van der Waals surface area contributed by atoms with Crippen molar-refractivity contribution in [2.24, 2.45) is 0 Å². The van der Waals surface area contributed by atoms with E-state index in [2.05, 4.69) is 0 Å². The van der Waals surface area contributed by atoms with E-state index in [1.54, 1.807) is 49.4 Å². The Bertz CT molecular complexity index is 1180. The highest BCUT2D eigenvalue weighted by molar-refractivity contribution is 6.41. The number of ketones is 2. The molecule has 0 saturated heterocycles. The number of aromatic nitrogens is 1. The molecule has 0 fully saturated rings. The molecule has 0 bridgehead atoms. The Kier molecular flexibility index (Phi) is 4.96. The number of aryl methyl sites for hydroxylation is 1. The summed E-state index contributed by atoms with van der Waals surface area (Å²) in [5.41, 5.74) is 5.15. The quantitative estimate of drug-likeness (QED) is 0.361. The fourth-order valence-electron chi connectivity index (χ4n) is 3.85. The number of ether oxygens (including phenoxy) is 1. The summed E-state index contributed by atoms with van der Waals surface area (Å²) in [5.74, 6) is -0.827. The summed E-state index contributed by atoms with van der Waals surface area (Å²) in [4.78, 5) is 37.3. The number of hydrogen-bond acceptors (Lipinski definition) is 4. The molecule has 150 valence electrons. The second-order valence-electron chi connectivity index (χ2n) is 7.19. The van der Waals surface area contributed by atoms with E-state index < -0.39 is 0 Å². The average molecular weight is 399 g/mol. The Morgan fingerprint density at radius 2 is 1.57 bits per heavy atom. The Morgan fingerprint density at radius 1 is 0.967 bits per heavy atom. The van der Waals surface area contributed by atoms with Gasteiger partial charge in [-0.1, -0.05) is 24.3 Å². The van der Waals surface area contributed by atoms with Crippen molar-refractivity contribution in [3.05, 3.63) is 93.8 Å². The molecule has 1 aliphatic rings. The van der Waals surface area contributed by atoms with Crippen LogP contribution in [0.5, 0.6) is 0 Å². The summed E-state index contributed by atoms with van der Waals surface area (Å²) in [6, 6.07) is 16.0. The summed E-state index contributed by atoms with van der Waals surface area (Å²) in [5, 5.41) is 0. The molecule has 0 saturated carbocycles. The van der Waals surface area contributed by atoms with Gasteiger partial charge >= 0.3 is 5.97 Å². The van der Waals surface area contributed by atoms with Crippen molar-refractivity contribution in [1.82, 2.24) is 4.57 Å². The highest BCUT2D eigenvalue weighted by Gasteiger charge is 2.32. The summed E-state index contributed by atoms with van der Waals surface area (Å²) in [7, 11) is 0. The lowest BCUT2D eigenvalue weighted by molar-refractivity contribution is 0.0526. The van der Waals surface area contributed by atoms with Crippen LogP contribution < -0.4 is 0 Å². The number of allylic oxidation sites excluding steroid dienone is 1. The van der Waals surface area contributed by atoms with Gasteiger partial charge in [0.05, 0.1) is 17.7 Å². The third-order valence-electron chi connectivity index (χ3n) is 5.31. The van der Waals surface area contributed by atoms with E-state index in [1.807, 2.05) is 36.6 Å². The van der Waals surface area contributed by atoms with E-state index in [0.29, 0.717) is 23.3 Å².